The highest BCUT2D eigenvalue weighted by atomic mass is 16.7. The molecule has 0 unspecified atom stereocenters. The zero-order chi connectivity index (χ0) is 20.6. The van der Waals surface area contributed by atoms with Crippen LogP contribution in [-0.2, 0) is 12.8 Å². The van der Waals surface area contributed by atoms with Crippen molar-refractivity contribution in [2.24, 2.45) is 0 Å². The lowest BCUT2D eigenvalue weighted by atomic mass is 10.1. The highest BCUT2D eigenvalue weighted by Crippen LogP contribution is 2.18. The number of carbonyl (C=O) groups is 1. The Hall–Kier alpha value is -3.85. The van der Waals surface area contributed by atoms with E-state index in [0.717, 1.165) is 24.0 Å². The molecule has 0 N–H and O–H groups in total. The fourth-order valence-electron chi connectivity index (χ4n) is 3.23. The van der Waals surface area contributed by atoms with E-state index in [9.17, 15) is 4.79 Å². The van der Waals surface area contributed by atoms with Crippen LogP contribution in [0, 0.1) is 0 Å². The fraction of sp³-hybridized carbons (Fsp3) is 0.0741. The molecule has 0 aliphatic carbocycles. The molecule has 0 saturated carbocycles. The molecule has 0 fully saturated rings. The van der Waals surface area contributed by atoms with Crippen molar-refractivity contribution in [1.82, 2.24) is 0 Å². The Balaban J connectivity index is 1.30. The Labute approximate surface area is 176 Å². The van der Waals surface area contributed by atoms with E-state index in [2.05, 4.69) is 24.3 Å². The molecule has 148 valence electrons. The second kappa shape index (κ2) is 9.57. The molecule has 0 saturated heterocycles. The van der Waals surface area contributed by atoms with Crippen LogP contribution in [0.5, 0.6) is 11.5 Å². The summed E-state index contributed by atoms with van der Waals surface area (Å²) in [6.07, 6.45) is 0.920. The molecule has 0 radical (unpaired) electrons. The van der Waals surface area contributed by atoms with Crippen LogP contribution in [0.25, 0.3) is 0 Å². The number of hydrogen-bond acceptors (Lipinski definition) is 3. The van der Waals surface area contributed by atoms with Gasteiger partial charge in [-0.05, 0) is 59.4 Å². The van der Waals surface area contributed by atoms with E-state index in [1.165, 1.54) is 11.1 Å². The monoisotopic (exact) mass is 394 g/mol. The molecule has 0 heterocycles. The summed E-state index contributed by atoms with van der Waals surface area (Å²) in [6, 6.07) is 35.4. The van der Waals surface area contributed by atoms with Gasteiger partial charge in [-0.25, -0.2) is 4.79 Å². The SMILES string of the molecule is O=C(Oc1ccc(Cc2ccccc2)cc1)Oc1ccc(Cc2ccccc2)cc1. The van der Waals surface area contributed by atoms with Gasteiger partial charge in [0.25, 0.3) is 0 Å². The summed E-state index contributed by atoms with van der Waals surface area (Å²) in [6.45, 7) is 0. The summed E-state index contributed by atoms with van der Waals surface area (Å²) >= 11 is 0. The third kappa shape index (κ3) is 5.58. The van der Waals surface area contributed by atoms with Crippen LogP contribution in [0.15, 0.2) is 109 Å². The van der Waals surface area contributed by atoms with Crippen LogP contribution in [-0.4, -0.2) is 6.16 Å². The second-order valence-electron chi connectivity index (χ2n) is 7.07. The molecule has 0 amide bonds. The van der Waals surface area contributed by atoms with Crippen molar-refractivity contribution in [3.8, 4) is 11.5 Å². The fourth-order valence-corrected chi connectivity index (χ4v) is 3.23. The Kier molecular flexibility index (Phi) is 6.21. The number of ether oxygens (including phenoxy) is 2. The predicted molar refractivity (Wildman–Crippen MR) is 118 cm³/mol. The van der Waals surface area contributed by atoms with Gasteiger partial charge in [-0.1, -0.05) is 84.9 Å². The molecule has 0 atom stereocenters. The summed E-state index contributed by atoms with van der Waals surface area (Å²) in [7, 11) is 0. The number of rotatable bonds is 6. The van der Waals surface area contributed by atoms with Gasteiger partial charge in [0.15, 0.2) is 0 Å². The van der Waals surface area contributed by atoms with Crippen LogP contribution in [0.2, 0.25) is 0 Å². The van der Waals surface area contributed by atoms with E-state index in [1.807, 2.05) is 60.7 Å². The summed E-state index contributed by atoms with van der Waals surface area (Å²) < 4.78 is 10.6. The standard InChI is InChI=1S/C27H22O3/c28-27(29-25-15-11-23(12-16-25)19-21-7-3-1-4-8-21)30-26-17-13-24(14-18-26)20-22-9-5-2-6-10-22/h1-18H,19-20H2. The summed E-state index contributed by atoms with van der Waals surface area (Å²) in [5.41, 5.74) is 4.77. The van der Waals surface area contributed by atoms with E-state index >= 15 is 0 Å². The first-order valence-electron chi connectivity index (χ1n) is 9.90. The first kappa shape index (κ1) is 19.5. The highest BCUT2D eigenvalue weighted by molar-refractivity contribution is 5.67. The van der Waals surface area contributed by atoms with Crippen LogP contribution in [0.3, 0.4) is 0 Å². The quantitative estimate of drug-likeness (QED) is 0.279. The maximum atomic E-state index is 12.1. The summed E-state index contributed by atoms with van der Waals surface area (Å²) in [5, 5.41) is 0. The van der Waals surface area contributed by atoms with E-state index in [4.69, 9.17) is 9.47 Å². The van der Waals surface area contributed by atoms with E-state index in [-0.39, 0.29) is 0 Å². The highest BCUT2D eigenvalue weighted by Gasteiger charge is 2.08. The van der Waals surface area contributed by atoms with Gasteiger partial charge in [0.2, 0.25) is 0 Å². The first-order valence-corrected chi connectivity index (χ1v) is 9.90. The molecule has 0 aliphatic heterocycles. The van der Waals surface area contributed by atoms with Gasteiger partial charge in [-0.3, -0.25) is 0 Å². The second-order valence-corrected chi connectivity index (χ2v) is 7.07. The van der Waals surface area contributed by atoms with Gasteiger partial charge in [-0.15, -0.1) is 0 Å². The molecular formula is C27H22O3. The third-order valence-electron chi connectivity index (χ3n) is 4.75. The minimum Gasteiger partial charge on any atom is -0.395 e. The lowest BCUT2D eigenvalue weighted by Gasteiger charge is -2.08. The molecule has 4 rings (SSSR count). The summed E-state index contributed by atoms with van der Waals surface area (Å²) in [4.78, 5) is 12.1. The maximum absolute atomic E-state index is 12.1. The Morgan fingerprint density at radius 3 is 1.17 bits per heavy atom. The molecule has 3 nitrogen and oxygen atoms in total. The molecular weight excluding hydrogens is 372 g/mol. The van der Waals surface area contributed by atoms with Crippen molar-refractivity contribution in [1.29, 1.82) is 0 Å². The molecule has 30 heavy (non-hydrogen) atoms. The smallest absolute Gasteiger partial charge is 0.395 e. The van der Waals surface area contributed by atoms with E-state index in [0.29, 0.717) is 11.5 Å². The van der Waals surface area contributed by atoms with Gasteiger partial charge >= 0.3 is 6.16 Å². The van der Waals surface area contributed by atoms with Crippen molar-refractivity contribution >= 4 is 6.16 Å². The van der Waals surface area contributed by atoms with Crippen molar-refractivity contribution in [3.63, 3.8) is 0 Å². The maximum Gasteiger partial charge on any atom is 0.519 e. The van der Waals surface area contributed by atoms with Gasteiger partial charge in [-0.2, -0.15) is 0 Å². The largest absolute Gasteiger partial charge is 0.519 e. The van der Waals surface area contributed by atoms with Crippen molar-refractivity contribution in [3.05, 3.63) is 131 Å². The topological polar surface area (TPSA) is 35.5 Å². The molecule has 0 bridgehead atoms. The van der Waals surface area contributed by atoms with Crippen LogP contribution in [0.4, 0.5) is 4.79 Å². The molecule has 0 aliphatic rings. The Morgan fingerprint density at radius 2 is 0.800 bits per heavy atom. The van der Waals surface area contributed by atoms with Crippen molar-refractivity contribution < 1.29 is 14.3 Å². The van der Waals surface area contributed by atoms with Gasteiger partial charge in [0.05, 0.1) is 0 Å². The molecule has 0 aromatic heterocycles. The minimum absolute atomic E-state index is 0.456. The molecule has 0 spiro atoms. The lowest BCUT2D eigenvalue weighted by Crippen LogP contribution is -2.13. The first-order chi connectivity index (χ1) is 14.7. The summed E-state index contributed by atoms with van der Waals surface area (Å²) in [5.74, 6) is 0.912. The Morgan fingerprint density at radius 1 is 0.467 bits per heavy atom. The van der Waals surface area contributed by atoms with Gasteiger partial charge < -0.3 is 9.47 Å². The number of benzene rings is 4. The molecule has 4 aromatic carbocycles. The molecule has 3 heteroatoms. The van der Waals surface area contributed by atoms with Crippen LogP contribution >= 0.6 is 0 Å². The van der Waals surface area contributed by atoms with E-state index in [1.54, 1.807) is 24.3 Å². The lowest BCUT2D eigenvalue weighted by molar-refractivity contribution is 0.152. The van der Waals surface area contributed by atoms with Crippen molar-refractivity contribution in [2.75, 3.05) is 0 Å². The zero-order valence-corrected chi connectivity index (χ0v) is 16.5. The van der Waals surface area contributed by atoms with Crippen LogP contribution in [0.1, 0.15) is 22.3 Å². The predicted octanol–water partition coefficient (Wildman–Crippen LogP) is 6.45. The van der Waals surface area contributed by atoms with Gasteiger partial charge in [0, 0.05) is 0 Å². The average molecular weight is 394 g/mol. The van der Waals surface area contributed by atoms with Crippen molar-refractivity contribution in [2.45, 2.75) is 12.8 Å². The van der Waals surface area contributed by atoms with Crippen LogP contribution < -0.4 is 9.47 Å². The minimum atomic E-state index is -0.749. The number of carbonyl (C=O) groups excluding carboxylic acids is 1. The normalized spacial score (nSPS) is 10.4. The Bertz CT molecular complexity index is 982. The average Bonchev–Trinajstić information content (AvgIpc) is 2.78. The molecule has 4 aromatic rings. The number of hydrogen-bond donors (Lipinski definition) is 0. The third-order valence-corrected chi connectivity index (χ3v) is 4.75. The zero-order valence-electron chi connectivity index (χ0n) is 16.5. The van der Waals surface area contributed by atoms with E-state index < -0.39 is 6.16 Å². The van der Waals surface area contributed by atoms with Gasteiger partial charge in [0.1, 0.15) is 11.5 Å².